The van der Waals surface area contributed by atoms with Crippen LogP contribution in [0.4, 0.5) is 9.18 Å². The van der Waals surface area contributed by atoms with Crippen LogP contribution in [0.1, 0.15) is 72.1 Å². The highest BCUT2D eigenvalue weighted by atomic mass is 32.2. The van der Waals surface area contributed by atoms with Crippen LogP contribution in [-0.2, 0) is 34.2 Å². The second kappa shape index (κ2) is 16.2. The van der Waals surface area contributed by atoms with E-state index in [0.29, 0.717) is 55.0 Å². The lowest BCUT2D eigenvalue weighted by Crippen LogP contribution is -2.60. The second-order valence-electron chi connectivity index (χ2n) is 17.0. The molecule has 2 saturated heterocycles. The number of pyridine rings is 1. The lowest BCUT2D eigenvalue weighted by molar-refractivity contribution is -0.142. The van der Waals surface area contributed by atoms with Gasteiger partial charge in [-0.3, -0.25) is 19.1 Å². The van der Waals surface area contributed by atoms with Crippen LogP contribution in [0.25, 0.3) is 10.8 Å². The summed E-state index contributed by atoms with van der Waals surface area (Å²) in [6.07, 6.45) is 7.51. The maximum absolute atomic E-state index is 15.1. The highest BCUT2D eigenvalue weighted by Crippen LogP contribution is 2.48. The Labute approximate surface area is 344 Å². The maximum Gasteiger partial charge on any atom is 0.318 e. The molecule has 1 aromatic carbocycles. The van der Waals surface area contributed by atoms with Crippen molar-refractivity contribution in [2.45, 2.75) is 101 Å². The number of nitrogens with zero attached hydrogens (tertiary/aromatic N) is 3. The van der Waals surface area contributed by atoms with Gasteiger partial charge in [0, 0.05) is 30.8 Å². The first-order valence-electron chi connectivity index (χ1n) is 20.3. The van der Waals surface area contributed by atoms with Crippen LogP contribution in [0.5, 0.6) is 11.6 Å². The fourth-order valence-corrected chi connectivity index (χ4v) is 11.0. The molecule has 0 spiro atoms. The average molecular weight is 861 g/mol. The number of rotatable bonds is 8. The van der Waals surface area contributed by atoms with E-state index in [-0.39, 0.29) is 61.7 Å². The molecule has 7 atom stereocenters. The Bertz CT molecular complexity index is 2260. The molecule has 0 unspecified atom stereocenters. The van der Waals surface area contributed by atoms with E-state index in [4.69, 9.17) is 9.47 Å². The molecule has 59 heavy (non-hydrogen) atoms. The number of fused-ring (bicyclic) bond motifs is 3. The van der Waals surface area contributed by atoms with Crippen LogP contribution >= 0.6 is 0 Å². The third kappa shape index (κ3) is 8.72. The topological polar surface area (TPSA) is 210 Å². The van der Waals surface area contributed by atoms with Crippen molar-refractivity contribution in [3.8, 4) is 11.6 Å². The summed E-state index contributed by atoms with van der Waals surface area (Å²) in [5.74, 6) is -3.52. The van der Waals surface area contributed by atoms with Gasteiger partial charge < -0.3 is 29.9 Å². The maximum atomic E-state index is 15.1. The number of nitrogens with one attached hydrogen (secondary N) is 3. The van der Waals surface area contributed by atoms with Gasteiger partial charge in [-0.2, -0.15) is 0 Å². The number of sulfone groups is 1. The van der Waals surface area contributed by atoms with Crippen LogP contribution in [0.3, 0.4) is 0 Å². The molecule has 4 heterocycles. The molecule has 2 aliphatic carbocycles. The zero-order valence-electron chi connectivity index (χ0n) is 33.7. The summed E-state index contributed by atoms with van der Waals surface area (Å²) in [6.45, 7) is 5.29. The van der Waals surface area contributed by atoms with Gasteiger partial charge in [0.2, 0.25) is 27.7 Å². The zero-order valence-corrected chi connectivity index (χ0v) is 35.4. The normalized spacial score (nSPS) is 30.5. The lowest BCUT2D eigenvalue weighted by atomic mass is 9.85. The van der Waals surface area contributed by atoms with Gasteiger partial charge in [-0.25, -0.2) is 31.0 Å². The Kier molecular flexibility index (Phi) is 11.7. The Morgan fingerprint density at radius 3 is 2.53 bits per heavy atom. The van der Waals surface area contributed by atoms with Gasteiger partial charge in [0.1, 0.15) is 35.3 Å². The molecule has 7 rings (SSSR count). The zero-order chi connectivity index (χ0) is 42.5. The van der Waals surface area contributed by atoms with Gasteiger partial charge >= 0.3 is 6.03 Å². The van der Waals surface area contributed by atoms with E-state index >= 15 is 4.79 Å². The van der Waals surface area contributed by atoms with Crippen molar-refractivity contribution in [3.63, 3.8) is 0 Å². The van der Waals surface area contributed by atoms with Crippen molar-refractivity contribution >= 4 is 54.4 Å². The van der Waals surface area contributed by atoms with Crippen molar-refractivity contribution in [1.29, 1.82) is 0 Å². The molecular formula is C40H53FN6O10S2. The van der Waals surface area contributed by atoms with Gasteiger partial charge in [-0.1, -0.05) is 32.4 Å². The minimum Gasteiger partial charge on any atom is -0.494 e. The Morgan fingerprint density at radius 1 is 1.12 bits per heavy atom. The summed E-state index contributed by atoms with van der Waals surface area (Å²) >= 11 is 0. The molecule has 4 fully saturated rings. The molecule has 16 nitrogen and oxygen atoms in total. The first kappa shape index (κ1) is 42.6. The molecule has 1 aromatic heterocycles. The minimum atomic E-state index is -4.06. The summed E-state index contributed by atoms with van der Waals surface area (Å²) in [7, 11) is -5.91. The van der Waals surface area contributed by atoms with E-state index in [9.17, 15) is 35.6 Å². The quantitative estimate of drug-likeness (QED) is 0.329. The molecule has 322 valence electrons. The van der Waals surface area contributed by atoms with E-state index in [1.54, 1.807) is 6.92 Å². The van der Waals surface area contributed by atoms with Crippen LogP contribution in [0.15, 0.2) is 36.5 Å². The number of allylic oxidation sites excluding steroid dienone is 1. The summed E-state index contributed by atoms with van der Waals surface area (Å²) in [4.78, 5) is 64.5. The molecule has 3 N–H and O–H groups in total. The number of aromatic nitrogens is 1. The van der Waals surface area contributed by atoms with Gasteiger partial charge in [-0.15, -0.1) is 0 Å². The van der Waals surface area contributed by atoms with E-state index in [1.165, 1.54) is 41.3 Å². The number of halogens is 1. The predicted octanol–water partition coefficient (Wildman–Crippen LogP) is 2.82. The summed E-state index contributed by atoms with van der Waals surface area (Å²) in [5.41, 5.74) is -1.61. The van der Waals surface area contributed by atoms with Gasteiger partial charge in [0.25, 0.3) is 5.91 Å². The standard InChI is InChI=1S/C40H53FN6O10S2/c1-5-25-18-24(2)8-6-7-9-26-21-40(26,37(50)45-59(54,55)39(3)12-13-39)44-34(48)31-20-28(57-35-30-19-27(41)10-11-29(30)32(56-4)22-42-35)23-47(31)36(49)33(25)43-38(51)46-14-16-58(52,53)17-15-46/h7,9-11,19,22,24-26,28,31,33H,5-6,8,12-18,20-21,23H2,1-4H3,(H,43,51)(H,44,48)(H,45,50)/t24-,25-,26-,28-,31+,33+,40-/m1/s1. The van der Waals surface area contributed by atoms with Gasteiger partial charge in [0.05, 0.1) is 41.5 Å². The van der Waals surface area contributed by atoms with E-state index in [2.05, 4.69) is 20.3 Å². The SMILES string of the molecule is CC[C@@H]1C[C@H](C)CCC=C[C@@H]2C[C@@]2(C(=O)NS(=O)(=O)C2(C)CC2)NC(=O)[C@@H]2C[C@@H](Oc3ncc(OC)c4ccc(F)cc34)CN2C(=O)[C@H]1NC(=O)N1CCS(=O)(=O)CC1. The summed E-state index contributed by atoms with van der Waals surface area (Å²) in [5, 5.41) is 6.59. The monoisotopic (exact) mass is 860 g/mol. The highest BCUT2D eigenvalue weighted by Gasteiger charge is 2.63. The Hall–Kier alpha value is -4.52. The van der Waals surface area contributed by atoms with E-state index in [0.717, 1.165) is 0 Å². The molecule has 3 aliphatic heterocycles. The molecule has 19 heteroatoms. The number of hydrogen-bond donors (Lipinski definition) is 3. The van der Waals surface area contributed by atoms with Crippen molar-refractivity contribution in [2.24, 2.45) is 17.8 Å². The number of carbonyl (C=O) groups is 4. The van der Waals surface area contributed by atoms with Crippen LogP contribution in [0, 0.1) is 23.6 Å². The summed E-state index contributed by atoms with van der Waals surface area (Å²) < 4.78 is 78.4. The molecule has 5 amide bonds. The number of methoxy groups -OCH3 is 1. The number of amides is 5. The molecule has 0 bridgehead atoms. The fourth-order valence-electron chi connectivity index (χ4n) is 8.53. The number of benzene rings is 1. The van der Waals surface area contributed by atoms with Gasteiger partial charge in [-0.05, 0) is 75.5 Å². The second-order valence-corrected chi connectivity index (χ2v) is 21.5. The van der Waals surface area contributed by atoms with E-state index in [1.807, 2.05) is 26.0 Å². The van der Waals surface area contributed by atoms with Crippen molar-refractivity contribution in [1.82, 2.24) is 30.1 Å². The van der Waals surface area contributed by atoms with E-state index < -0.39 is 83.8 Å². The number of sulfonamides is 1. The van der Waals surface area contributed by atoms with Crippen molar-refractivity contribution in [3.05, 3.63) is 42.4 Å². The number of ether oxygens (including phenoxy) is 2. The highest BCUT2D eigenvalue weighted by molar-refractivity contribution is 7.91. The van der Waals surface area contributed by atoms with Crippen molar-refractivity contribution < 1.29 is 49.9 Å². The Balaban J connectivity index is 1.24. The lowest BCUT2D eigenvalue weighted by Gasteiger charge is -2.36. The molecule has 5 aliphatic rings. The number of carbonyl (C=O) groups excluding carboxylic acids is 4. The largest absolute Gasteiger partial charge is 0.494 e. The molecule has 0 radical (unpaired) electrons. The Morgan fingerprint density at radius 2 is 1.85 bits per heavy atom. The van der Waals surface area contributed by atoms with Crippen molar-refractivity contribution in [2.75, 3.05) is 38.2 Å². The van der Waals surface area contributed by atoms with Crippen LogP contribution in [0.2, 0.25) is 0 Å². The number of hydrogen-bond acceptors (Lipinski definition) is 11. The first-order chi connectivity index (χ1) is 27.9. The van der Waals surface area contributed by atoms with Gasteiger partial charge in [0.15, 0.2) is 9.84 Å². The predicted molar refractivity (Wildman–Crippen MR) is 215 cm³/mol. The molecule has 2 aromatic rings. The van der Waals surface area contributed by atoms with Crippen LogP contribution in [-0.4, -0.2) is 122 Å². The third-order valence-electron chi connectivity index (χ3n) is 12.8. The minimum absolute atomic E-state index is 0.0353. The fraction of sp³-hybridized carbons (Fsp3) is 0.625. The third-order valence-corrected chi connectivity index (χ3v) is 16.6. The number of urea groups is 1. The first-order valence-corrected chi connectivity index (χ1v) is 23.6. The summed E-state index contributed by atoms with van der Waals surface area (Å²) in [6, 6.07) is 1.06. The molecular weight excluding hydrogens is 808 g/mol. The van der Waals surface area contributed by atoms with Crippen LogP contribution < -0.4 is 24.8 Å². The molecule has 2 saturated carbocycles. The smallest absolute Gasteiger partial charge is 0.318 e. The average Bonchev–Trinajstić information content (AvgIpc) is 4.07.